The Morgan fingerprint density at radius 1 is 1.05 bits per heavy atom. The highest BCUT2D eigenvalue weighted by Crippen LogP contribution is 2.28. The van der Waals surface area contributed by atoms with E-state index in [2.05, 4.69) is 0 Å². The van der Waals surface area contributed by atoms with Gasteiger partial charge in [-0.3, -0.25) is 0 Å². The number of hydrogen-bond donors (Lipinski definition) is 1. The van der Waals surface area contributed by atoms with Crippen molar-refractivity contribution in [3.8, 4) is 5.75 Å². The molecule has 0 saturated heterocycles. The van der Waals surface area contributed by atoms with E-state index in [0.29, 0.717) is 0 Å². The number of hydrogen-bond acceptors (Lipinski definition) is 2. The first-order chi connectivity index (χ1) is 9.93. The van der Waals surface area contributed by atoms with Gasteiger partial charge in [0.05, 0.1) is 18.8 Å². The molecule has 0 amide bonds. The van der Waals surface area contributed by atoms with E-state index in [-0.39, 0.29) is 11.3 Å². The molecule has 112 valence electrons. The van der Waals surface area contributed by atoms with Crippen molar-refractivity contribution >= 4 is 0 Å². The standard InChI is InChI=1S/C15H12F4O2/c1-21-9-6-11(17)14(12(18)7-9)13(20)5-8-3-2-4-10(16)15(8)19/h2-4,6-7,13,20H,5H2,1H3. The second-order valence-corrected chi connectivity index (χ2v) is 4.44. The quantitative estimate of drug-likeness (QED) is 0.875. The second-order valence-electron chi connectivity index (χ2n) is 4.44. The van der Waals surface area contributed by atoms with Crippen LogP contribution in [-0.4, -0.2) is 12.2 Å². The zero-order valence-electron chi connectivity index (χ0n) is 11.0. The fraction of sp³-hybridized carbons (Fsp3) is 0.200. The molecule has 2 aromatic carbocycles. The maximum atomic E-state index is 13.8. The number of aliphatic hydroxyl groups excluding tert-OH is 1. The molecule has 0 radical (unpaired) electrons. The Balaban J connectivity index is 2.32. The Morgan fingerprint density at radius 3 is 2.24 bits per heavy atom. The highest BCUT2D eigenvalue weighted by atomic mass is 19.2. The number of ether oxygens (including phenoxy) is 1. The number of aliphatic hydroxyl groups is 1. The molecule has 0 heterocycles. The van der Waals surface area contributed by atoms with Crippen molar-refractivity contribution < 1.29 is 27.4 Å². The van der Waals surface area contributed by atoms with Gasteiger partial charge in [-0.15, -0.1) is 0 Å². The van der Waals surface area contributed by atoms with Crippen LogP contribution in [0.5, 0.6) is 5.75 Å². The van der Waals surface area contributed by atoms with Crippen LogP contribution in [0.3, 0.4) is 0 Å². The fourth-order valence-electron chi connectivity index (χ4n) is 2.01. The van der Waals surface area contributed by atoms with Gasteiger partial charge in [0.2, 0.25) is 0 Å². The van der Waals surface area contributed by atoms with Crippen LogP contribution in [0.15, 0.2) is 30.3 Å². The van der Waals surface area contributed by atoms with Crippen LogP contribution in [0, 0.1) is 23.3 Å². The van der Waals surface area contributed by atoms with Crippen LogP contribution in [0.2, 0.25) is 0 Å². The van der Waals surface area contributed by atoms with E-state index in [4.69, 9.17) is 4.74 Å². The Hall–Kier alpha value is -2.08. The van der Waals surface area contributed by atoms with Crippen LogP contribution >= 0.6 is 0 Å². The third-order valence-corrected chi connectivity index (χ3v) is 3.07. The maximum Gasteiger partial charge on any atom is 0.162 e. The lowest BCUT2D eigenvalue weighted by Crippen LogP contribution is -2.09. The highest BCUT2D eigenvalue weighted by Gasteiger charge is 2.21. The van der Waals surface area contributed by atoms with E-state index in [9.17, 15) is 22.7 Å². The summed E-state index contributed by atoms with van der Waals surface area (Å²) in [6.45, 7) is 0. The van der Waals surface area contributed by atoms with Crippen molar-refractivity contribution in [3.63, 3.8) is 0 Å². The van der Waals surface area contributed by atoms with E-state index < -0.39 is 41.4 Å². The molecule has 1 atom stereocenters. The fourth-order valence-corrected chi connectivity index (χ4v) is 2.01. The first kappa shape index (κ1) is 15.3. The molecule has 0 spiro atoms. The van der Waals surface area contributed by atoms with E-state index in [1.54, 1.807) is 0 Å². The van der Waals surface area contributed by atoms with Crippen molar-refractivity contribution in [2.45, 2.75) is 12.5 Å². The molecule has 0 bridgehead atoms. The third kappa shape index (κ3) is 3.16. The molecular weight excluding hydrogens is 288 g/mol. The molecule has 0 aliphatic rings. The first-order valence-electron chi connectivity index (χ1n) is 6.08. The van der Waals surface area contributed by atoms with Crippen molar-refractivity contribution in [1.82, 2.24) is 0 Å². The average molecular weight is 300 g/mol. The van der Waals surface area contributed by atoms with Crippen molar-refractivity contribution in [2.24, 2.45) is 0 Å². The summed E-state index contributed by atoms with van der Waals surface area (Å²) in [4.78, 5) is 0. The number of rotatable bonds is 4. The maximum absolute atomic E-state index is 13.8. The van der Waals surface area contributed by atoms with Gasteiger partial charge in [-0.1, -0.05) is 12.1 Å². The van der Waals surface area contributed by atoms with Gasteiger partial charge in [-0.2, -0.15) is 0 Å². The van der Waals surface area contributed by atoms with E-state index in [1.165, 1.54) is 19.2 Å². The van der Waals surface area contributed by atoms with Crippen LogP contribution in [0.4, 0.5) is 17.6 Å². The predicted octanol–water partition coefficient (Wildman–Crippen LogP) is 3.53. The normalized spacial score (nSPS) is 12.3. The molecule has 2 rings (SSSR count). The minimum atomic E-state index is -1.65. The lowest BCUT2D eigenvalue weighted by Gasteiger charge is -2.14. The van der Waals surface area contributed by atoms with Gasteiger partial charge in [0.25, 0.3) is 0 Å². The summed E-state index contributed by atoms with van der Waals surface area (Å²) in [6.07, 6.45) is -2.10. The molecule has 2 nitrogen and oxygen atoms in total. The molecular formula is C15H12F4O2. The monoisotopic (exact) mass is 300 g/mol. The van der Waals surface area contributed by atoms with Gasteiger partial charge in [0, 0.05) is 18.6 Å². The van der Waals surface area contributed by atoms with Gasteiger partial charge < -0.3 is 9.84 Å². The van der Waals surface area contributed by atoms with Crippen LogP contribution in [0.1, 0.15) is 17.2 Å². The van der Waals surface area contributed by atoms with Gasteiger partial charge in [0.15, 0.2) is 11.6 Å². The first-order valence-corrected chi connectivity index (χ1v) is 6.08. The summed E-state index contributed by atoms with van der Waals surface area (Å²) in [6, 6.07) is 5.22. The molecule has 0 aromatic heterocycles. The highest BCUT2D eigenvalue weighted by molar-refractivity contribution is 5.33. The SMILES string of the molecule is COc1cc(F)c(C(O)Cc2cccc(F)c2F)c(F)c1. The second kappa shape index (κ2) is 6.13. The Labute approximate surface area is 118 Å². The molecule has 6 heteroatoms. The third-order valence-electron chi connectivity index (χ3n) is 3.07. The molecule has 0 aliphatic carbocycles. The predicted molar refractivity (Wildman–Crippen MR) is 67.9 cm³/mol. The Bertz CT molecular complexity index is 635. The molecule has 1 N–H and O–H groups in total. The van der Waals surface area contributed by atoms with E-state index in [1.807, 2.05) is 0 Å². The van der Waals surface area contributed by atoms with Crippen LogP contribution < -0.4 is 4.74 Å². The van der Waals surface area contributed by atoms with Gasteiger partial charge in [-0.25, -0.2) is 17.6 Å². The smallest absolute Gasteiger partial charge is 0.162 e. The minimum absolute atomic E-state index is 0.0436. The average Bonchev–Trinajstić information content (AvgIpc) is 2.43. The molecule has 0 saturated carbocycles. The van der Waals surface area contributed by atoms with Gasteiger partial charge in [-0.05, 0) is 11.6 Å². The Morgan fingerprint density at radius 2 is 1.67 bits per heavy atom. The lowest BCUT2D eigenvalue weighted by atomic mass is 9.99. The van der Waals surface area contributed by atoms with Crippen LogP contribution in [0.25, 0.3) is 0 Å². The summed E-state index contributed by atoms with van der Waals surface area (Å²) in [5, 5.41) is 9.90. The largest absolute Gasteiger partial charge is 0.497 e. The summed E-state index contributed by atoms with van der Waals surface area (Å²) in [5.74, 6) is -4.31. The van der Waals surface area contributed by atoms with Crippen LogP contribution in [-0.2, 0) is 6.42 Å². The summed E-state index contributed by atoms with van der Waals surface area (Å²) < 4.78 is 58.8. The minimum Gasteiger partial charge on any atom is -0.497 e. The Kier molecular flexibility index (Phi) is 4.47. The zero-order chi connectivity index (χ0) is 15.6. The summed E-state index contributed by atoms with van der Waals surface area (Å²) >= 11 is 0. The molecule has 0 fully saturated rings. The van der Waals surface area contributed by atoms with Crippen molar-refractivity contribution in [3.05, 3.63) is 64.7 Å². The van der Waals surface area contributed by atoms with Crippen molar-refractivity contribution in [2.75, 3.05) is 7.11 Å². The molecule has 0 aliphatic heterocycles. The van der Waals surface area contributed by atoms with Crippen molar-refractivity contribution in [1.29, 1.82) is 0 Å². The topological polar surface area (TPSA) is 29.5 Å². The molecule has 1 unspecified atom stereocenters. The molecule has 21 heavy (non-hydrogen) atoms. The summed E-state index contributed by atoms with van der Waals surface area (Å²) in [7, 11) is 1.24. The van der Waals surface area contributed by atoms with E-state index in [0.717, 1.165) is 18.2 Å². The van der Waals surface area contributed by atoms with E-state index >= 15 is 0 Å². The number of methoxy groups -OCH3 is 1. The van der Waals surface area contributed by atoms with Gasteiger partial charge in [0.1, 0.15) is 17.4 Å². The summed E-state index contributed by atoms with van der Waals surface area (Å²) in [5.41, 5.74) is -0.781. The number of benzene rings is 2. The number of halogens is 4. The zero-order valence-corrected chi connectivity index (χ0v) is 11.0. The van der Waals surface area contributed by atoms with Gasteiger partial charge >= 0.3 is 0 Å². The lowest BCUT2D eigenvalue weighted by molar-refractivity contribution is 0.166. The molecule has 2 aromatic rings.